The summed E-state index contributed by atoms with van der Waals surface area (Å²) in [4.78, 5) is 10.0. The predicted octanol–water partition coefficient (Wildman–Crippen LogP) is -0.0735. The topological polar surface area (TPSA) is 82.2 Å². The molecule has 0 aromatic carbocycles. The van der Waals surface area contributed by atoms with Crippen LogP contribution < -0.4 is 10.1 Å². The number of hydrogen-bond acceptors (Lipinski definition) is 5. The molecule has 0 atom stereocenters. The molecule has 1 aromatic rings. The van der Waals surface area contributed by atoms with Crippen molar-refractivity contribution in [1.82, 2.24) is 15.1 Å². The second-order valence-corrected chi connectivity index (χ2v) is 2.70. The Morgan fingerprint density at radius 1 is 1.79 bits per heavy atom. The van der Waals surface area contributed by atoms with Crippen LogP contribution in [0.2, 0.25) is 0 Å². The number of hydrogen-bond donors (Lipinski definition) is 1. The third kappa shape index (κ3) is 2.43. The molecule has 7 nitrogen and oxygen atoms in total. The van der Waals surface area contributed by atoms with Gasteiger partial charge in [0.2, 0.25) is 0 Å². The standard InChI is InChI=1S/C7H12N4O3/c1-8-3-4-14-7-6(11(12)13)5-10(2)9-7/h5,8H,3-4H2,1-2H3. The molecule has 1 N–H and O–H groups in total. The van der Waals surface area contributed by atoms with Crippen LogP contribution in [0.4, 0.5) is 5.69 Å². The van der Waals surface area contributed by atoms with Gasteiger partial charge in [-0.15, -0.1) is 5.10 Å². The average molecular weight is 200 g/mol. The van der Waals surface area contributed by atoms with Crippen LogP contribution in [0.25, 0.3) is 0 Å². The molecule has 0 aliphatic carbocycles. The lowest BCUT2D eigenvalue weighted by atomic mass is 10.5. The Labute approximate surface area is 80.8 Å². The SMILES string of the molecule is CNCCOc1nn(C)cc1[N+](=O)[O-]. The van der Waals surface area contributed by atoms with E-state index in [1.165, 1.54) is 10.9 Å². The molecule has 1 aromatic heterocycles. The molecule has 14 heavy (non-hydrogen) atoms. The summed E-state index contributed by atoms with van der Waals surface area (Å²) in [6.07, 6.45) is 1.31. The van der Waals surface area contributed by atoms with Gasteiger partial charge in [0.15, 0.2) is 0 Å². The molecule has 0 fully saturated rings. The van der Waals surface area contributed by atoms with Crippen LogP contribution in [0.15, 0.2) is 6.20 Å². The lowest BCUT2D eigenvalue weighted by Gasteiger charge is -2.00. The van der Waals surface area contributed by atoms with Gasteiger partial charge >= 0.3 is 11.6 Å². The quantitative estimate of drug-likeness (QED) is 0.408. The number of ether oxygens (including phenoxy) is 1. The smallest absolute Gasteiger partial charge is 0.350 e. The number of nitro groups is 1. The molecule has 78 valence electrons. The zero-order valence-electron chi connectivity index (χ0n) is 8.06. The molecular weight excluding hydrogens is 188 g/mol. The molecular formula is C7H12N4O3. The van der Waals surface area contributed by atoms with E-state index in [1.54, 1.807) is 14.1 Å². The van der Waals surface area contributed by atoms with Crippen LogP contribution in [0, 0.1) is 10.1 Å². The first-order valence-corrected chi connectivity index (χ1v) is 4.10. The molecule has 1 rings (SSSR count). The van der Waals surface area contributed by atoms with Gasteiger partial charge in [-0.3, -0.25) is 14.8 Å². The first-order valence-electron chi connectivity index (χ1n) is 4.10. The second-order valence-electron chi connectivity index (χ2n) is 2.70. The number of rotatable bonds is 5. The van der Waals surface area contributed by atoms with Gasteiger partial charge in [0.1, 0.15) is 12.8 Å². The van der Waals surface area contributed by atoms with E-state index in [-0.39, 0.29) is 11.6 Å². The molecule has 0 saturated heterocycles. The van der Waals surface area contributed by atoms with Gasteiger partial charge < -0.3 is 10.1 Å². The minimum Gasteiger partial charge on any atom is -0.470 e. The summed E-state index contributed by atoms with van der Waals surface area (Å²) in [5, 5.41) is 17.2. The van der Waals surface area contributed by atoms with Gasteiger partial charge in [0.25, 0.3) is 0 Å². The summed E-state index contributed by atoms with van der Waals surface area (Å²) >= 11 is 0. The van der Waals surface area contributed by atoms with E-state index >= 15 is 0 Å². The molecule has 0 saturated carbocycles. The highest BCUT2D eigenvalue weighted by Gasteiger charge is 2.19. The van der Waals surface area contributed by atoms with Gasteiger partial charge in [-0.05, 0) is 7.05 Å². The van der Waals surface area contributed by atoms with Crippen LogP contribution in [0.5, 0.6) is 5.88 Å². The number of nitrogens with zero attached hydrogens (tertiary/aromatic N) is 3. The summed E-state index contributed by atoms with van der Waals surface area (Å²) in [6, 6.07) is 0. The van der Waals surface area contributed by atoms with Crippen molar-refractivity contribution < 1.29 is 9.66 Å². The van der Waals surface area contributed by atoms with Crippen LogP contribution in [-0.4, -0.2) is 34.9 Å². The van der Waals surface area contributed by atoms with Gasteiger partial charge in [-0.2, -0.15) is 0 Å². The highest BCUT2D eigenvalue weighted by Crippen LogP contribution is 2.23. The zero-order chi connectivity index (χ0) is 10.6. The number of likely N-dealkylation sites (N-methyl/N-ethyl adjacent to an activating group) is 1. The van der Waals surface area contributed by atoms with Crippen molar-refractivity contribution in [3.05, 3.63) is 16.3 Å². The fraction of sp³-hybridized carbons (Fsp3) is 0.571. The van der Waals surface area contributed by atoms with Gasteiger partial charge in [-0.25, -0.2) is 0 Å². The van der Waals surface area contributed by atoms with Gasteiger partial charge in [0, 0.05) is 13.6 Å². The van der Waals surface area contributed by atoms with Crippen molar-refractivity contribution >= 4 is 5.69 Å². The Morgan fingerprint density at radius 2 is 2.50 bits per heavy atom. The van der Waals surface area contributed by atoms with Crippen molar-refractivity contribution in [2.24, 2.45) is 7.05 Å². The Kier molecular flexibility index (Phi) is 3.41. The third-order valence-electron chi connectivity index (χ3n) is 1.56. The molecule has 0 amide bonds. The summed E-state index contributed by atoms with van der Waals surface area (Å²) in [6.45, 7) is 0.974. The molecule has 0 aliphatic heterocycles. The van der Waals surface area contributed by atoms with E-state index in [0.717, 1.165) is 0 Å². The molecule has 0 bridgehead atoms. The molecule has 1 heterocycles. The van der Waals surface area contributed by atoms with Crippen LogP contribution in [0.1, 0.15) is 0 Å². The van der Waals surface area contributed by atoms with E-state index in [9.17, 15) is 10.1 Å². The molecule has 0 aliphatic rings. The maximum Gasteiger partial charge on any atom is 0.350 e. The van der Waals surface area contributed by atoms with Crippen molar-refractivity contribution in [3.8, 4) is 5.88 Å². The molecule has 0 spiro atoms. The maximum atomic E-state index is 10.5. The van der Waals surface area contributed by atoms with Crippen molar-refractivity contribution in [2.45, 2.75) is 0 Å². The first-order chi connectivity index (χ1) is 6.65. The van der Waals surface area contributed by atoms with Crippen molar-refractivity contribution in [1.29, 1.82) is 0 Å². The van der Waals surface area contributed by atoms with E-state index < -0.39 is 4.92 Å². The second kappa shape index (κ2) is 4.56. The Hall–Kier alpha value is -1.63. The highest BCUT2D eigenvalue weighted by molar-refractivity contribution is 5.38. The minimum atomic E-state index is -0.512. The summed E-state index contributed by atoms with van der Waals surface area (Å²) in [5.74, 6) is 0.0627. The Balaban J connectivity index is 2.69. The Bertz CT molecular complexity index is 323. The first kappa shape index (κ1) is 10.5. The third-order valence-corrected chi connectivity index (χ3v) is 1.56. The monoisotopic (exact) mass is 200 g/mol. The molecule has 7 heteroatoms. The van der Waals surface area contributed by atoms with E-state index in [1.807, 2.05) is 0 Å². The predicted molar refractivity (Wildman–Crippen MR) is 49.3 cm³/mol. The van der Waals surface area contributed by atoms with Gasteiger partial charge in [-0.1, -0.05) is 0 Å². The van der Waals surface area contributed by atoms with Crippen molar-refractivity contribution in [2.75, 3.05) is 20.2 Å². The van der Waals surface area contributed by atoms with E-state index in [4.69, 9.17) is 4.74 Å². The number of nitrogens with one attached hydrogen (secondary N) is 1. The molecule has 0 radical (unpaired) electrons. The Morgan fingerprint density at radius 3 is 3.07 bits per heavy atom. The lowest BCUT2D eigenvalue weighted by molar-refractivity contribution is -0.385. The largest absolute Gasteiger partial charge is 0.470 e. The van der Waals surface area contributed by atoms with Gasteiger partial charge in [0.05, 0.1) is 4.92 Å². The van der Waals surface area contributed by atoms with Crippen LogP contribution >= 0.6 is 0 Å². The van der Waals surface area contributed by atoms with Crippen LogP contribution in [0.3, 0.4) is 0 Å². The van der Waals surface area contributed by atoms with E-state index in [2.05, 4.69) is 10.4 Å². The summed E-state index contributed by atoms with van der Waals surface area (Å²) in [7, 11) is 3.38. The zero-order valence-corrected chi connectivity index (χ0v) is 8.06. The van der Waals surface area contributed by atoms with Crippen LogP contribution in [-0.2, 0) is 7.05 Å². The lowest BCUT2D eigenvalue weighted by Crippen LogP contribution is -2.16. The fourth-order valence-corrected chi connectivity index (χ4v) is 0.933. The summed E-state index contributed by atoms with van der Waals surface area (Å²) in [5.41, 5.74) is -0.108. The maximum absolute atomic E-state index is 10.5. The number of aromatic nitrogens is 2. The normalized spacial score (nSPS) is 10.1. The van der Waals surface area contributed by atoms with E-state index in [0.29, 0.717) is 13.2 Å². The summed E-state index contributed by atoms with van der Waals surface area (Å²) < 4.78 is 6.48. The van der Waals surface area contributed by atoms with Crippen molar-refractivity contribution in [3.63, 3.8) is 0 Å². The molecule has 0 unspecified atom stereocenters. The average Bonchev–Trinajstić information content (AvgIpc) is 2.47. The minimum absolute atomic E-state index is 0.0627. The highest BCUT2D eigenvalue weighted by atomic mass is 16.6. The number of aryl methyl sites for hydroxylation is 1. The fourth-order valence-electron chi connectivity index (χ4n) is 0.933.